The molecule has 26 heavy (non-hydrogen) atoms. The highest BCUT2D eigenvalue weighted by molar-refractivity contribution is 5.76. The Balaban J connectivity index is 1.67. The van der Waals surface area contributed by atoms with Crippen LogP contribution in [-0.4, -0.2) is 33.0 Å². The quantitative estimate of drug-likeness (QED) is 0.796. The minimum absolute atomic E-state index is 0.0334. The van der Waals surface area contributed by atoms with Crippen molar-refractivity contribution >= 4 is 5.91 Å². The van der Waals surface area contributed by atoms with Crippen LogP contribution in [0.25, 0.3) is 0 Å². The van der Waals surface area contributed by atoms with Crippen molar-refractivity contribution in [3.8, 4) is 0 Å². The van der Waals surface area contributed by atoms with Crippen molar-refractivity contribution in [1.82, 2.24) is 14.5 Å². The number of nitrogens with zero attached hydrogens (tertiary/aromatic N) is 3. The second kappa shape index (κ2) is 8.49. The van der Waals surface area contributed by atoms with Gasteiger partial charge in [-0.2, -0.15) is 0 Å². The van der Waals surface area contributed by atoms with E-state index >= 15 is 0 Å². The molecule has 0 saturated carbocycles. The van der Waals surface area contributed by atoms with Crippen molar-refractivity contribution in [2.75, 3.05) is 6.54 Å². The summed E-state index contributed by atoms with van der Waals surface area (Å²) in [7, 11) is 0. The lowest BCUT2D eigenvalue weighted by Gasteiger charge is -2.25. The van der Waals surface area contributed by atoms with Gasteiger partial charge in [0.05, 0.1) is 31.5 Å². The fourth-order valence-electron chi connectivity index (χ4n) is 3.30. The number of rotatable bonds is 6. The van der Waals surface area contributed by atoms with Gasteiger partial charge in [-0.3, -0.25) is 9.78 Å². The van der Waals surface area contributed by atoms with Crippen LogP contribution in [0.2, 0.25) is 0 Å². The minimum Gasteiger partial charge on any atom is -0.368 e. The van der Waals surface area contributed by atoms with Gasteiger partial charge < -0.3 is 14.2 Å². The molecule has 0 aromatic carbocycles. The van der Waals surface area contributed by atoms with E-state index in [1.165, 1.54) is 5.69 Å². The molecule has 1 aliphatic rings. The summed E-state index contributed by atoms with van der Waals surface area (Å²) >= 11 is 0. The molecular formula is C21H29N3O2. The molecule has 3 rings (SSSR count). The van der Waals surface area contributed by atoms with E-state index in [1.807, 2.05) is 36.1 Å². The second-order valence-corrected chi connectivity index (χ2v) is 7.56. The zero-order chi connectivity index (χ0) is 18.5. The third-order valence-corrected chi connectivity index (χ3v) is 4.80. The number of hydrogen-bond donors (Lipinski definition) is 0. The first-order valence-electron chi connectivity index (χ1n) is 9.47. The summed E-state index contributed by atoms with van der Waals surface area (Å²) in [5.41, 5.74) is 3.09. The number of pyridine rings is 1. The van der Waals surface area contributed by atoms with Crippen molar-refractivity contribution in [2.45, 2.75) is 59.4 Å². The molecule has 2 aromatic heterocycles. The van der Waals surface area contributed by atoms with Crippen LogP contribution in [0.4, 0.5) is 0 Å². The largest absolute Gasteiger partial charge is 0.368 e. The van der Waals surface area contributed by atoms with Crippen molar-refractivity contribution in [3.63, 3.8) is 0 Å². The van der Waals surface area contributed by atoms with Crippen LogP contribution in [0.5, 0.6) is 0 Å². The van der Waals surface area contributed by atoms with Crippen LogP contribution in [0.15, 0.2) is 36.5 Å². The summed E-state index contributed by atoms with van der Waals surface area (Å²) in [6, 6.07) is 10.1. The normalized spacial score (nSPS) is 17.2. The predicted molar refractivity (Wildman–Crippen MR) is 101 cm³/mol. The van der Waals surface area contributed by atoms with Gasteiger partial charge in [0.2, 0.25) is 5.91 Å². The molecule has 5 nitrogen and oxygen atoms in total. The molecule has 0 spiro atoms. The monoisotopic (exact) mass is 355 g/mol. The molecule has 1 aliphatic heterocycles. The average molecular weight is 355 g/mol. The molecular weight excluding hydrogens is 326 g/mol. The number of carbonyl (C=O) groups is 1. The fourth-order valence-corrected chi connectivity index (χ4v) is 3.30. The van der Waals surface area contributed by atoms with E-state index in [0.717, 1.165) is 24.4 Å². The molecule has 0 N–H and O–H groups in total. The molecule has 3 heterocycles. The van der Waals surface area contributed by atoms with Crippen molar-refractivity contribution < 1.29 is 9.53 Å². The summed E-state index contributed by atoms with van der Waals surface area (Å²) < 4.78 is 8.36. The molecule has 0 saturated heterocycles. The Morgan fingerprint density at radius 3 is 2.88 bits per heavy atom. The van der Waals surface area contributed by atoms with E-state index in [4.69, 9.17) is 4.74 Å². The molecule has 140 valence electrons. The van der Waals surface area contributed by atoms with Gasteiger partial charge in [-0.25, -0.2) is 0 Å². The van der Waals surface area contributed by atoms with Gasteiger partial charge in [0.25, 0.3) is 0 Å². The van der Waals surface area contributed by atoms with Crippen LogP contribution in [0.3, 0.4) is 0 Å². The van der Waals surface area contributed by atoms with Crippen molar-refractivity contribution in [3.05, 3.63) is 53.6 Å². The molecule has 0 aliphatic carbocycles. The van der Waals surface area contributed by atoms with Crippen LogP contribution >= 0.6 is 0 Å². The van der Waals surface area contributed by atoms with Crippen LogP contribution in [-0.2, 0) is 29.2 Å². The lowest BCUT2D eigenvalue weighted by molar-refractivity contribution is -0.134. The zero-order valence-corrected chi connectivity index (χ0v) is 16.0. The van der Waals surface area contributed by atoms with E-state index in [9.17, 15) is 4.79 Å². The molecule has 1 amide bonds. The zero-order valence-electron chi connectivity index (χ0n) is 16.0. The Bertz CT molecular complexity index is 738. The SMILES string of the molecule is Cc1cccc(CO[C@@H]2CN(C(=O)CCC(C)C)Cc3cccn3C2)n1. The first-order valence-corrected chi connectivity index (χ1v) is 9.47. The number of aryl methyl sites for hydroxylation is 1. The third-order valence-electron chi connectivity index (χ3n) is 4.80. The molecule has 5 heteroatoms. The fraction of sp³-hybridized carbons (Fsp3) is 0.524. The van der Waals surface area contributed by atoms with Crippen LogP contribution in [0, 0.1) is 12.8 Å². The molecule has 0 fully saturated rings. The first kappa shape index (κ1) is 18.6. The number of ether oxygens (including phenoxy) is 1. The minimum atomic E-state index is -0.0334. The Morgan fingerprint density at radius 1 is 1.27 bits per heavy atom. The maximum absolute atomic E-state index is 12.7. The number of amides is 1. The Morgan fingerprint density at radius 2 is 2.12 bits per heavy atom. The van der Waals surface area contributed by atoms with Gasteiger partial charge in [0.1, 0.15) is 0 Å². The lowest BCUT2D eigenvalue weighted by atomic mass is 10.1. The topological polar surface area (TPSA) is 47.4 Å². The molecule has 0 unspecified atom stereocenters. The number of hydrogen-bond acceptors (Lipinski definition) is 3. The van der Waals surface area contributed by atoms with Gasteiger partial charge >= 0.3 is 0 Å². The van der Waals surface area contributed by atoms with Crippen LogP contribution < -0.4 is 0 Å². The lowest BCUT2D eigenvalue weighted by Crippen LogP contribution is -2.37. The van der Waals surface area contributed by atoms with Crippen molar-refractivity contribution in [2.24, 2.45) is 5.92 Å². The van der Waals surface area contributed by atoms with Gasteiger partial charge in [-0.15, -0.1) is 0 Å². The smallest absolute Gasteiger partial charge is 0.223 e. The number of fused-ring (bicyclic) bond motifs is 1. The highest BCUT2D eigenvalue weighted by Crippen LogP contribution is 2.18. The van der Waals surface area contributed by atoms with E-state index in [2.05, 4.69) is 35.7 Å². The maximum atomic E-state index is 12.7. The van der Waals surface area contributed by atoms with E-state index in [1.54, 1.807) is 0 Å². The molecule has 0 radical (unpaired) electrons. The third kappa shape index (κ3) is 4.94. The highest BCUT2D eigenvalue weighted by atomic mass is 16.5. The standard InChI is InChI=1S/C21H29N3O2/c1-16(2)9-10-21(25)24-12-19-8-5-11-23(19)13-20(14-24)26-15-18-7-4-6-17(3)22-18/h4-8,11,16,20H,9-10,12-15H2,1-3H3/t20-/m0/s1. The summed E-state index contributed by atoms with van der Waals surface area (Å²) in [6.07, 6.45) is 3.56. The Labute approximate surface area is 156 Å². The van der Waals surface area contributed by atoms with Crippen molar-refractivity contribution in [1.29, 1.82) is 0 Å². The van der Waals surface area contributed by atoms with Gasteiger partial charge in [-0.05, 0) is 43.5 Å². The van der Waals surface area contributed by atoms with Gasteiger partial charge in [0, 0.05) is 30.6 Å². The van der Waals surface area contributed by atoms with E-state index < -0.39 is 0 Å². The summed E-state index contributed by atoms with van der Waals surface area (Å²) in [5, 5.41) is 0. The van der Waals surface area contributed by atoms with Crippen LogP contribution in [0.1, 0.15) is 43.8 Å². The maximum Gasteiger partial charge on any atom is 0.223 e. The van der Waals surface area contributed by atoms with E-state index in [-0.39, 0.29) is 12.0 Å². The number of carbonyl (C=O) groups excluding carboxylic acids is 1. The Hall–Kier alpha value is -2.14. The Kier molecular flexibility index (Phi) is 6.09. The molecule has 1 atom stereocenters. The first-order chi connectivity index (χ1) is 12.5. The summed E-state index contributed by atoms with van der Waals surface area (Å²) in [5.74, 6) is 0.755. The number of aromatic nitrogens is 2. The van der Waals surface area contributed by atoms with E-state index in [0.29, 0.717) is 32.0 Å². The molecule has 2 aromatic rings. The summed E-state index contributed by atoms with van der Waals surface area (Å²) in [4.78, 5) is 19.2. The summed E-state index contributed by atoms with van der Waals surface area (Å²) in [6.45, 7) is 8.82. The van der Waals surface area contributed by atoms with Gasteiger partial charge in [0.15, 0.2) is 0 Å². The van der Waals surface area contributed by atoms with Gasteiger partial charge in [-0.1, -0.05) is 19.9 Å². The average Bonchev–Trinajstić information content (AvgIpc) is 2.96. The second-order valence-electron chi connectivity index (χ2n) is 7.56. The molecule has 0 bridgehead atoms. The predicted octanol–water partition coefficient (Wildman–Crippen LogP) is 3.56. The highest BCUT2D eigenvalue weighted by Gasteiger charge is 2.25.